The summed E-state index contributed by atoms with van der Waals surface area (Å²) in [6.45, 7) is 0.471. The molecule has 0 saturated heterocycles. The molecule has 140 valence electrons. The van der Waals surface area contributed by atoms with Crippen molar-refractivity contribution in [3.8, 4) is 0 Å². The topological polar surface area (TPSA) is 94.3 Å². The van der Waals surface area contributed by atoms with Crippen molar-refractivity contribution < 1.29 is 14.3 Å². The molecular weight excluding hydrogens is 362 g/mol. The van der Waals surface area contributed by atoms with Crippen LogP contribution in [0.3, 0.4) is 0 Å². The average Bonchev–Trinajstić information content (AvgIpc) is 3.19. The third-order valence-electron chi connectivity index (χ3n) is 4.30. The fourth-order valence-electron chi connectivity index (χ4n) is 2.87. The van der Waals surface area contributed by atoms with Gasteiger partial charge in [0.2, 0.25) is 0 Å². The smallest absolute Gasteiger partial charge is 0.310 e. The van der Waals surface area contributed by atoms with Gasteiger partial charge in [0.05, 0.1) is 13.0 Å². The van der Waals surface area contributed by atoms with Gasteiger partial charge < -0.3 is 15.8 Å². The number of carbonyl (C=O) groups excluding carboxylic acids is 2. The molecular formula is C20H21N3O3S. The number of amides is 1. The van der Waals surface area contributed by atoms with Crippen molar-refractivity contribution in [1.82, 2.24) is 10.3 Å². The van der Waals surface area contributed by atoms with E-state index < -0.39 is 5.92 Å². The monoisotopic (exact) mass is 383 g/mol. The molecule has 27 heavy (non-hydrogen) atoms. The predicted molar refractivity (Wildman–Crippen MR) is 105 cm³/mol. The number of aromatic nitrogens is 1. The molecule has 1 unspecified atom stereocenters. The molecule has 2 aromatic carbocycles. The number of nitrogens with zero attached hydrogens (tertiary/aromatic N) is 1. The zero-order valence-corrected chi connectivity index (χ0v) is 15.8. The molecule has 1 aromatic heterocycles. The molecule has 1 atom stereocenters. The minimum Gasteiger partial charge on any atom is -0.469 e. The van der Waals surface area contributed by atoms with Gasteiger partial charge in [-0.05, 0) is 22.8 Å². The van der Waals surface area contributed by atoms with Gasteiger partial charge in [-0.1, -0.05) is 42.5 Å². The fourth-order valence-corrected chi connectivity index (χ4v) is 3.53. The summed E-state index contributed by atoms with van der Waals surface area (Å²) in [5.41, 5.74) is 6.85. The maximum absolute atomic E-state index is 12.3. The lowest BCUT2D eigenvalue weighted by molar-refractivity contribution is -0.145. The van der Waals surface area contributed by atoms with Crippen LogP contribution in [0.5, 0.6) is 0 Å². The zero-order chi connectivity index (χ0) is 19.2. The Morgan fingerprint density at radius 2 is 2.00 bits per heavy atom. The third kappa shape index (κ3) is 4.69. The van der Waals surface area contributed by atoms with Crippen LogP contribution in [0, 0.1) is 5.92 Å². The summed E-state index contributed by atoms with van der Waals surface area (Å²) >= 11 is 1.34. The molecule has 0 aliphatic carbocycles. The highest BCUT2D eigenvalue weighted by molar-refractivity contribution is 7.09. The number of fused-ring (bicyclic) bond motifs is 1. The molecule has 0 bridgehead atoms. The van der Waals surface area contributed by atoms with Crippen LogP contribution in [0.1, 0.15) is 21.1 Å². The third-order valence-corrected chi connectivity index (χ3v) is 5.17. The Morgan fingerprint density at radius 1 is 1.22 bits per heavy atom. The molecule has 3 rings (SSSR count). The Labute approximate surface area is 161 Å². The first-order valence-corrected chi connectivity index (χ1v) is 9.47. The van der Waals surface area contributed by atoms with E-state index in [0.29, 0.717) is 23.7 Å². The van der Waals surface area contributed by atoms with Crippen molar-refractivity contribution in [2.75, 3.05) is 13.7 Å². The number of hydrogen-bond donors (Lipinski definition) is 2. The number of rotatable bonds is 7. The number of carbonyl (C=O) groups is 2. The van der Waals surface area contributed by atoms with Gasteiger partial charge in [-0.3, -0.25) is 9.59 Å². The van der Waals surface area contributed by atoms with Crippen LogP contribution in [-0.2, 0) is 22.5 Å². The largest absolute Gasteiger partial charge is 0.469 e. The highest BCUT2D eigenvalue weighted by Gasteiger charge is 2.21. The van der Waals surface area contributed by atoms with Gasteiger partial charge in [-0.25, -0.2) is 4.98 Å². The number of benzene rings is 2. The summed E-state index contributed by atoms with van der Waals surface area (Å²) in [5.74, 6) is -1.16. The lowest BCUT2D eigenvalue weighted by atomic mass is 9.97. The molecule has 1 amide bonds. The second-order valence-electron chi connectivity index (χ2n) is 6.15. The van der Waals surface area contributed by atoms with E-state index >= 15 is 0 Å². The van der Waals surface area contributed by atoms with Crippen LogP contribution in [0.15, 0.2) is 47.8 Å². The van der Waals surface area contributed by atoms with E-state index in [1.807, 2.05) is 36.4 Å². The number of nitrogens with one attached hydrogen (secondary N) is 1. The molecule has 6 nitrogen and oxygen atoms in total. The first-order valence-electron chi connectivity index (χ1n) is 8.59. The summed E-state index contributed by atoms with van der Waals surface area (Å²) < 4.78 is 4.91. The van der Waals surface area contributed by atoms with Gasteiger partial charge in [0.25, 0.3) is 5.91 Å². The highest BCUT2D eigenvalue weighted by atomic mass is 32.1. The Bertz CT molecular complexity index is 954. The minimum atomic E-state index is -0.479. The van der Waals surface area contributed by atoms with E-state index in [4.69, 9.17) is 10.5 Å². The van der Waals surface area contributed by atoms with Gasteiger partial charge >= 0.3 is 5.97 Å². The Morgan fingerprint density at radius 3 is 2.70 bits per heavy atom. The second kappa shape index (κ2) is 8.75. The normalized spacial score (nSPS) is 11.9. The Hall–Kier alpha value is -2.77. The van der Waals surface area contributed by atoms with E-state index in [1.54, 1.807) is 5.38 Å². The Balaban J connectivity index is 1.69. The van der Waals surface area contributed by atoms with E-state index in [9.17, 15) is 9.59 Å². The average molecular weight is 383 g/mol. The standard InChI is InChI=1S/C20H21N3O3S/c1-26-20(25)16(11-22-19(24)17-12-27-18(10-21)23-17)9-13-6-7-14-4-2-3-5-15(14)8-13/h2-8,12,16H,9-11,21H2,1H3,(H,22,24). The zero-order valence-electron chi connectivity index (χ0n) is 15.0. The van der Waals surface area contributed by atoms with E-state index in [-0.39, 0.29) is 18.4 Å². The van der Waals surface area contributed by atoms with Crippen molar-refractivity contribution in [3.05, 3.63) is 64.1 Å². The first-order chi connectivity index (χ1) is 13.1. The summed E-state index contributed by atoms with van der Waals surface area (Å²) in [6.07, 6.45) is 0.475. The fraction of sp³-hybridized carbons (Fsp3) is 0.250. The quantitative estimate of drug-likeness (QED) is 0.612. The van der Waals surface area contributed by atoms with Gasteiger partial charge in [-0.15, -0.1) is 11.3 Å². The van der Waals surface area contributed by atoms with Crippen molar-refractivity contribution in [3.63, 3.8) is 0 Å². The number of methoxy groups -OCH3 is 1. The molecule has 1 heterocycles. The molecule has 3 aromatic rings. The van der Waals surface area contributed by atoms with E-state index in [0.717, 1.165) is 16.3 Å². The number of thiazole rings is 1. The van der Waals surface area contributed by atoms with Crippen molar-refractivity contribution in [2.24, 2.45) is 11.7 Å². The summed E-state index contributed by atoms with van der Waals surface area (Å²) in [4.78, 5) is 28.6. The van der Waals surface area contributed by atoms with E-state index in [2.05, 4.69) is 16.4 Å². The maximum Gasteiger partial charge on any atom is 0.310 e. The molecule has 3 N–H and O–H groups in total. The molecule has 0 spiro atoms. The molecule has 0 radical (unpaired) electrons. The van der Waals surface area contributed by atoms with Gasteiger partial charge in [-0.2, -0.15) is 0 Å². The first kappa shape index (κ1) is 19.0. The summed E-state index contributed by atoms with van der Waals surface area (Å²) in [6, 6.07) is 14.1. The molecule has 7 heteroatoms. The van der Waals surface area contributed by atoms with Crippen LogP contribution in [0.2, 0.25) is 0 Å². The number of esters is 1. The second-order valence-corrected chi connectivity index (χ2v) is 7.09. The maximum atomic E-state index is 12.3. The van der Waals surface area contributed by atoms with E-state index in [1.165, 1.54) is 18.4 Å². The van der Waals surface area contributed by atoms with Crippen LogP contribution in [-0.4, -0.2) is 30.5 Å². The molecule has 0 fully saturated rings. The van der Waals surface area contributed by atoms with Crippen LogP contribution in [0.4, 0.5) is 0 Å². The number of hydrogen-bond acceptors (Lipinski definition) is 6. The SMILES string of the molecule is COC(=O)C(CNC(=O)c1csc(CN)n1)Cc1ccc2ccccc2c1. The van der Waals surface area contributed by atoms with Crippen molar-refractivity contribution in [2.45, 2.75) is 13.0 Å². The number of ether oxygens (including phenoxy) is 1. The molecule has 0 aliphatic rings. The highest BCUT2D eigenvalue weighted by Crippen LogP contribution is 2.18. The molecule has 0 aliphatic heterocycles. The summed E-state index contributed by atoms with van der Waals surface area (Å²) in [7, 11) is 1.35. The van der Waals surface area contributed by atoms with Gasteiger partial charge in [0.1, 0.15) is 10.7 Å². The predicted octanol–water partition coefficient (Wildman–Crippen LogP) is 2.52. The van der Waals surface area contributed by atoms with Crippen molar-refractivity contribution >= 4 is 34.0 Å². The van der Waals surface area contributed by atoms with Crippen LogP contribution in [0.25, 0.3) is 10.8 Å². The van der Waals surface area contributed by atoms with Gasteiger partial charge in [0.15, 0.2) is 0 Å². The van der Waals surface area contributed by atoms with Crippen LogP contribution >= 0.6 is 11.3 Å². The van der Waals surface area contributed by atoms with Crippen molar-refractivity contribution in [1.29, 1.82) is 0 Å². The van der Waals surface area contributed by atoms with Crippen LogP contribution < -0.4 is 11.1 Å². The lowest BCUT2D eigenvalue weighted by Crippen LogP contribution is -2.35. The minimum absolute atomic E-state index is 0.174. The Kier molecular flexibility index (Phi) is 6.16. The van der Waals surface area contributed by atoms with Gasteiger partial charge in [0, 0.05) is 18.5 Å². The molecule has 0 saturated carbocycles. The number of nitrogens with two attached hydrogens (primary N) is 1. The lowest BCUT2D eigenvalue weighted by Gasteiger charge is -2.15. The summed E-state index contributed by atoms with van der Waals surface area (Å²) in [5, 5.41) is 7.38.